The Hall–Kier alpha value is -1.30. The van der Waals surface area contributed by atoms with Crippen molar-refractivity contribution in [1.82, 2.24) is 9.80 Å². The summed E-state index contributed by atoms with van der Waals surface area (Å²) in [6.07, 6.45) is -0.932. The monoisotopic (exact) mass is 244 g/mol. The van der Waals surface area contributed by atoms with Gasteiger partial charge >= 0.3 is 12.1 Å². The number of hydrogen-bond donors (Lipinski definition) is 2. The molecule has 1 amide bonds. The topological polar surface area (TPSA) is 81.1 Å². The van der Waals surface area contributed by atoms with Gasteiger partial charge in [0.15, 0.2) is 0 Å². The van der Waals surface area contributed by atoms with Crippen LogP contribution in [0.15, 0.2) is 0 Å². The number of rotatable bonds is 3. The molecule has 0 aliphatic carbocycles. The highest BCUT2D eigenvalue weighted by atomic mass is 16.4. The SMILES string of the molecule is CC(C)[C@H]1CN(C(=O)O)[C@H](C)CN1CC(=O)O. The predicted octanol–water partition coefficient (Wildman–Crippen LogP) is 0.780. The van der Waals surface area contributed by atoms with Crippen LogP contribution < -0.4 is 0 Å². The molecule has 0 aromatic carbocycles. The molecule has 0 aromatic heterocycles. The number of carbonyl (C=O) groups is 2. The lowest BCUT2D eigenvalue weighted by Gasteiger charge is -2.45. The zero-order valence-electron chi connectivity index (χ0n) is 10.5. The van der Waals surface area contributed by atoms with Crippen LogP contribution in [-0.2, 0) is 4.79 Å². The van der Waals surface area contributed by atoms with Crippen LogP contribution in [0.3, 0.4) is 0 Å². The lowest BCUT2D eigenvalue weighted by atomic mass is 9.97. The van der Waals surface area contributed by atoms with E-state index >= 15 is 0 Å². The number of aliphatic carboxylic acids is 1. The molecule has 1 aliphatic rings. The van der Waals surface area contributed by atoms with E-state index in [1.165, 1.54) is 4.90 Å². The number of amides is 1. The Labute approximate surface area is 101 Å². The molecule has 1 rings (SSSR count). The van der Waals surface area contributed by atoms with Crippen molar-refractivity contribution in [3.8, 4) is 0 Å². The van der Waals surface area contributed by atoms with E-state index in [9.17, 15) is 9.59 Å². The quantitative estimate of drug-likeness (QED) is 0.766. The minimum absolute atomic E-state index is 0.0271. The van der Waals surface area contributed by atoms with E-state index in [0.717, 1.165) is 0 Å². The molecule has 0 unspecified atom stereocenters. The number of nitrogens with zero attached hydrogens (tertiary/aromatic N) is 2. The lowest BCUT2D eigenvalue weighted by molar-refractivity contribution is -0.140. The fraction of sp³-hybridized carbons (Fsp3) is 0.818. The molecule has 1 aliphatic heterocycles. The Morgan fingerprint density at radius 3 is 2.29 bits per heavy atom. The van der Waals surface area contributed by atoms with Gasteiger partial charge in [0, 0.05) is 25.2 Å². The molecule has 17 heavy (non-hydrogen) atoms. The third-order valence-electron chi connectivity index (χ3n) is 3.24. The van der Waals surface area contributed by atoms with E-state index in [-0.39, 0.29) is 24.5 Å². The number of hydrogen-bond acceptors (Lipinski definition) is 3. The maximum Gasteiger partial charge on any atom is 0.407 e. The molecule has 6 nitrogen and oxygen atoms in total. The largest absolute Gasteiger partial charge is 0.480 e. The Bertz CT molecular complexity index is 306. The Balaban J connectivity index is 2.79. The van der Waals surface area contributed by atoms with Gasteiger partial charge in [-0.15, -0.1) is 0 Å². The van der Waals surface area contributed by atoms with Crippen LogP contribution in [0.1, 0.15) is 20.8 Å². The molecular formula is C11H20N2O4. The molecule has 6 heteroatoms. The fourth-order valence-electron chi connectivity index (χ4n) is 2.32. The highest BCUT2D eigenvalue weighted by Crippen LogP contribution is 2.20. The van der Waals surface area contributed by atoms with Crippen molar-refractivity contribution in [1.29, 1.82) is 0 Å². The second kappa shape index (κ2) is 5.35. The van der Waals surface area contributed by atoms with Gasteiger partial charge in [-0.3, -0.25) is 9.69 Å². The highest BCUT2D eigenvalue weighted by Gasteiger charge is 2.36. The average Bonchev–Trinajstić information content (AvgIpc) is 2.15. The van der Waals surface area contributed by atoms with Gasteiger partial charge in [0.05, 0.1) is 6.54 Å². The second-order valence-corrected chi connectivity index (χ2v) is 4.92. The zero-order valence-corrected chi connectivity index (χ0v) is 10.5. The Morgan fingerprint density at radius 2 is 1.88 bits per heavy atom. The maximum atomic E-state index is 11.1. The van der Waals surface area contributed by atoms with Gasteiger partial charge in [-0.25, -0.2) is 4.79 Å². The van der Waals surface area contributed by atoms with Gasteiger partial charge < -0.3 is 15.1 Å². The van der Waals surface area contributed by atoms with Crippen LogP contribution >= 0.6 is 0 Å². The van der Waals surface area contributed by atoms with Crippen molar-refractivity contribution < 1.29 is 19.8 Å². The maximum absolute atomic E-state index is 11.1. The smallest absolute Gasteiger partial charge is 0.407 e. The third-order valence-corrected chi connectivity index (χ3v) is 3.24. The normalized spacial score (nSPS) is 26.2. The summed E-state index contributed by atoms with van der Waals surface area (Å²) in [5.74, 6) is -0.643. The van der Waals surface area contributed by atoms with Crippen molar-refractivity contribution in [2.45, 2.75) is 32.9 Å². The number of carboxylic acids is 1. The standard InChI is InChI=1S/C11H20N2O4/c1-7(2)9-5-13(11(16)17)8(3)4-12(9)6-10(14)15/h7-9H,4-6H2,1-3H3,(H,14,15)(H,16,17)/t8-,9-/m1/s1. The van der Waals surface area contributed by atoms with Crippen LogP contribution in [0.25, 0.3) is 0 Å². The van der Waals surface area contributed by atoms with Crippen LogP contribution in [0.2, 0.25) is 0 Å². The van der Waals surface area contributed by atoms with Gasteiger partial charge in [-0.2, -0.15) is 0 Å². The molecule has 0 saturated carbocycles. The van der Waals surface area contributed by atoms with E-state index < -0.39 is 12.1 Å². The molecule has 1 saturated heterocycles. The highest BCUT2D eigenvalue weighted by molar-refractivity contribution is 5.69. The van der Waals surface area contributed by atoms with E-state index in [4.69, 9.17) is 10.2 Å². The molecule has 1 heterocycles. The number of piperazine rings is 1. The summed E-state index contributed by atoms with van der Waals surface area (Å²) in [6, 6.07) is -0.194. The van der Waals surface area contributed by atoms with E-state index in [2.05, 4.69) is 0 Å². The van der Waals surface area contributed by atoms with Crippen molar-refractivity contribution in [2.75, 3.05) is 19.6 Å². The van der Waals surface area contributed by atoms with Crippen LogP contribution in [-0.4, -0.2) is 63.8 Å². The summed E-state index contributed by atoms with van der Waals surface area (Å²) < 4.78 is 0. The van der Waals surface area contributed by atoms with Crippen LogP contribution in [0.5, 0.6) is 0 Å². The van der Waals surface area contributed by atoms with Gasteiger partial charge in [0.25, 0.3) is 0 Å². The van der Waals surface area contributed by atoms with E-state index in [1.807, 2.05) is 18.7 Å². The van der Waals surface area contributed by atoms with Gasteiger partial charge in [0.2, 0.25) is 0 Å². The summed E-state index contributed by atoms with van der Waals surface area (Å²) in [4.78, 5) is 25.1. The summed E-state index contributed by atoms with van der Waals surface area (Å²) in [6.45, 7) is 6.59. The Kier molecular flexibility index (Phi) is 4.34. The average molecular weight is 244 g/mol. The first-order chi connectivity index (χ1) is 7.82. The van der Waals surface area contributed by atoms with Crippen molar-refractivity contribution in [2.24, 2.45) is 5.92 Å². The first kappa shape index (κ1) is 13.8. The summed E-state index contributed by atoms with van der Waals surface area (Å²) >= 11 is 0. The molecule has 1 fully saturated rings. The first-order valence-electron chi connectivity index (χ1n) is 5.78. The lowest BCUT2D eigenvalue weighted by Crippen LogP contribution is -2.61. The zero-order chi connectivity index (χ0) is 13.2. The van der Waals surface area contributed by atoms with Gasteiger partial charge in [-0.1, -0.05) is 13.8 Å². The molecule has 2 atom stereocenters. The summed E-state index contributed by atoms with van der Waals surface area (Å²) in [5.41, 5.74) is 0. The molecule has 0 bridgehead atoms. The van der Waals surface area contributed by atoms with E-state index in [1.54, 1.807) is 6.92 Å². The van der Waals surface area contributed by atoms with E-state index in [0.29, 0.717) is 13.1 Å². The van der Waals surface area contributed by atoms with Crippen molar-refractivity contribution >= 4 is 12.1 Å². The van der Waals surface area contributed by atoms with Crippen LogP contribution in [0.4, 0.5) is 4.79 Å². The minimum Gasteiger partial charge on any atom is -0.480 e. The number of carboxylic acid groups (broad SMARTS) is 2. The fourth-order valence-corrected chi connectivity index (χ4v) is 2.32. The molecular weight excluding hydrogens is 224 g/mol. The van der Waals surface area contributed by atoms with Crippen molar-refractivity contribution in [3.63, 3.8) is 0 Å². The molecule has 0 aromatic rings. The molecule has 2 N–H and O–H groups in total. The second-order valence-electron chi connectivity index (χ2n) is 4.92. The minimum atomic E-state index is -0.932. The predicted molar refractivity (Wildman–Crippen MR) is 62.0 cm³/mol. The van der Waals surface area contributed by atoms with Crippen LogP contribution in [0, 0.1) is 5.92 Å². The molecule has 98 valence electrons. The van der Waals surface area contributed by atoms with Gasteiger partial charge in [-0.05, 0) is 12.8 Å². The summed E-state index contributed by atoms with van der Waals surface area (Å²) in [7, 11) is 0. The molecule has 0 radical (unpaired) electrons. The van der Waals surface area contributed by atoms with Gasteiger partial charge in [0.1, 0.15) is 0 Å². The molecule has 0 spiro atoms. The Morgan fingerprint density at radius 1 is 1.29 bits per heavy atom. The summed E-state index contributed by atoms with van der Waals surface area (Å²) in [5, 5.41) is 17.9. The first-order valence-corrected chi connectivity index (χ1v) is 5.78. The third kappa shape index (κ3) is 3.33. The van der Waals surface area contributed by atoms with Crippen molar-refractivity contribution in [3.05, 3.63) is 0 Å².